The Kier molecular flexibility index (Phi) is 2.49. The Bertz CT molecular complexity index is 489. The number of nitrogens with zero attached hydrogens (tertiary/aromatic N) is 4. The minimum Gasteiger partial charge on any atom is -0.259 e. The van der Waals surface area contributed by atoms with Gasteiger partial charge in [-0.3, -0.25) is 4.98 Å². The van der Waals surface area contributed by atoms with Gasteiger partial charge in [0.05, 0.1) is 6.20 Å². The summed E-state index contributed by atoms with van der Waals surface area (Å²) in [4.78, 5) is 15.5. The third-order valence-corrected chi connectivity index (χ3v) is 2.16. The molecule has 0 bridgehead atoms. The molecule has 14 heavy (non-hydrogen) atoms. The molecule has 0 unspecified atom stereocenters. The molecule has 0 fully saturated rings. The Hall–Kier alpha value is -1.36. The highest BCUT2D eigenvalue weighted by atomic mass is 35.5. The zero-order valence-corrected chi connectivity index (χ0v) is 8.18. The van der Waals surface area contributed by atoms with Crippen LogP contribution in [0.2, 0.25) is 0 Å². The molecule has 0 amide bonds. The Morgan fingerprint density at radius 3 is 3.07 bits per heavy atom. The molecule has 0 atom stereocenters. The summed E-state index contributed by atoms with van der Waals surface area (Å²) in [7, 11) is 0. The highest BCUT2D eigenvalue weighted by molar-refractivity contribution is 6.17. The standard InChI is InChI=1S/C8H9ClN4O/c9-2-1-4-13-8(14)12-5-3-10-6-7(12)11-13/h3,5-6H,1-2,4H2. The van der Waals surface area contributed by atoms with Crippen molar-refractivity contribution in [2.75, 3.05) is 5.88 Å². The average molecular weight is 213 g/mol. The lowest BCUT2D eigenvalue weighted by atomic mass is 10.5. The Labute approximate surface area is 84.9 Å². The number of alkyl halides is 1. The van der Waals surface area contributed by atoms with Gasteiger partial charge >= 0.3 is 5.69 Å². The summed E-state index contributed by atoms with van der Waals surface area (Å²) < 4.78 is 2.86. The minimum atomic E-state index is -0.146. The molecule has 74 valence electrons. The molecule has 0 saturated carbocycles. The fourth-order valence-electron chi connectivity index (χ4n) is 1.24. The van der Waals surface area contributed by atoms with Gasteiger partial charge in [0.15, 0.2) is 5.65 Å². The van der Waals surface area contributed by atoms with Gasteiger partial charge in [-0.05, 0) is 6.42 Å². The van der Waals surface area contributed by atoms with Gasteiger partial charge in [-0.25, -0.2) is 13.9 Å². The lowest BCUT2D eigenvalue weighted by Crippen LogP contribution is -2.21. The minimum absolute atomic E-state index is 0.146. The van der Waals surface area contributed by atoms with Gasteiger partial charge in [-0.15, -0.1) is 16.7 Å². The summed E-state index contributed by atoms with van der Waals surface area (Å²) in [6, 6.07) is 0. The third kappa shape index (κ3) is 1.50. The van der Waals surface area contributed by atoms with Crippen molar-refractivity contribution in [1.29, 1.82) is 0 Å². The lowest BCUT2D eigenvalue weighted by Gasteiger charge is -1.93. The van der Waals surface area contributed by atoms with Crippen LogP contribution >= 0.6 is 11.6 Å². The smallest absolute Gasteiger partial charge is 0.259 e. The SMILES string of the molecule is O=c1n(CCCCl)nc2cnccn12. The van der Waals surface area contributed by atoms with E-state index in [1.54, 1.807) is 18.6 Å². The number of aromatic nitrogens is 4. The number of fused-ring (bicyclic) bond motifs is 1. The average Bonchev–Trinajstić information content (AvgIpc) is 2.54. The van der Waals surface area contributed by atoms with E-state index in [4.69, 9.17) is 11.6 Å². The summed E-state index contributed by atoms with van der Waals surface area (Å²) in [5, 5.41) is 4.10. The maximum atomic E-state index is 11.6. The quantitative estimate of drug-likeness (QED) is 0.697. The van der Waals surface area contributed by atoms with Gasteiger partial charge in [0.25, 0.3) is 0 Å². The van der Waals surface area contributed by atoms with Gasteiger partial charge < -0.3 is 0 Å². The molecule has 0 spiro atoms. The second-order valence-electron chi connectivity index (χ2n) is 2.85. The van der Waals surface area contributed by atoms with Crippen molar-refractivity contribution in [1.82, 2.24) is 19.2 Å². The van der Waals surface area contributed by atoms with Crippen LogP contribution < -0.4 is 5.69 Å². The van der Waals surface area contributed by atoms with Crippen molar-refractivity contribution < 1.29 is 0 Å². The highest BCUT2D eigenvalue weighted by Gasteiger charge is 2.04. The van der Waals surface area contributed by atoms with Crippen molar-refractivity contribution in [3.63, 3.8) is 0 Å². The van der Waals surface area contributed by atoms with Crippen LogP contribution in [0, 0.1) is 0 Å². The fourth-order valence-corrected chi connectivity index (χ4v) is 1.35. The van der Waals surface area contributed by atoms with Crippen molar-refractivity contribution in [2.45, 2.75) is 13.0 Å². The highest BCUT2D eigenvalue weighted by Crippen LogP contribution is 1.94. The molecule has 2 aromatic rings. The van der Waals surface area contributed by atoms with Gasteiger partial charge in [-0.2, -0.15) is 0 Å². The number of aryl methyl sites for hydroxylation is 1. The predicted molar refractivity (Wildman–Crippen MR) is 52.6 cm³/mol. The molecule has 2 rings (SSSR count). The van der Waals surface area contributed by atoms with E-state index < -0.39 is 0 Å². The van der Waals surface area contributed by atoms with E-state index in [2.05, 4.69) is 10.1 Å². The summed E-state index contributed by atoms with van der Waals surface area (Å²) in [5.41, 5.74) is 0.416. The van der Waals surface area contributed by atoms with E-state index in [1.807, 2.05) is 0 Å². The van der Waals surface area contributed by atoms with Crippen LogP contribution in [0.1, 0.15) is 6.42 Å². The number of rotatable bonds is 3. The molecule has 6 heteroatoms. The van der Waals surface area contributed by atoms with Crippen LogP contribution in [0.5, 0.6) is 0 Å². The van der Waals surface area contributed by atoms with Crippen LogP contribution in [-0.2, 0) is 6.54 Å². The first-order chi connectivity index (χ1) is 6.83. The first kappa shape index (κ1) is 9.21. The molecule has 5 nitrogen and oxygen atoms in total. The number of hydrogen-bond acceptors (Lipinski definition) is 3. The van der Waals surface area contributed by atoms with Crippen molar-refractivity contribution in [2.24, 2.45) is 0 Å². The predicted octanol–water partition coefficient (Wildman–Crippen LogP) is 0.520. The fraction of sp³-hybridized carbons (Fsp3) is 0.375. The van der Waals surface area contributed by atoms with Gasteiger partial charge in [-0.1, -0.05) is 0 Å². The van der Waals surface area contributed by atoms with Crippen molar-refractivity contribution >= 4 is 17.2 Å². The Balaban J connectivity index is 2.47. The third-order valence-electron chi connectivity index (χ3n) is 1.89. The number of hydrogen-bond donors (Lipinski definition) is 0. The van der Waals surface area contributed by atoms with E-state index >= 15 is 0 Å². The Morgan fingerprint density at radius 1 is 1.50 bits per heavy atom. The summed E-state index contributed by atoms with van der Waals surface area (Å²) in [6.45, 7) is 0.546. The summed E-state index contributed by atoms with van der Waals surface area (Å²) in [5.74, 6) is 0.526. The second kappa shape index (κ2) is 3.79. The molecule has 0 aliphatic rings. The molecule has 0 N–H and O–H groups in total. The second-order valence-corrected chi connectivity index (χ2v) is 3.23. The monoisotopic (exact) mass is 212 g/mol. The molecule has 0 saturated heterocycles. The van der Waals surface area contributed by atoms with Crippen LogP contribution in [-0.4, -0.2) is 25.0 Å². The van der Waals surface area contributed by atoms with Crippen LogP contribution in [0.4, 0.5) is 0 Å². The molecule has 0 radical (unpaired) electrons. The molecular formula is C8H9ClN4O. The van der Waals surface area contributed by atoms with Crippen LogP contribution in [0.3, 0.4) is 0 Å². The molecule has 0 aliphatic carbocycles. The summed E-state index contributed by atoms with van der Waals surface area (Å²) >= 11 is 5.54. The lowest BCUT2D eigenvalue weighted by molar-refractivity contribution is 0.584. The number of halogens is 1. The van der Waals surface area contributed by atoms with E-state index in [-0.39, 0.29) is 5.69 Å². The molecule has 2 heterocycles. The van der Waals surface area contributed by atoms with Crippen molar-refractivity contribution in [3.8, 4) is 0 Å². The molecular weight excluding hydrogens is 204 g/mol. The summed E-state index contributed by atoms with van der Waals surface area (Å²) in [6.07, 6.45) is 5.45. The van der Waals surface area contributed by atoms with E-state index in [9.17, 15) is 4.79 Å². The maximum Gasteiger partial charge on any atom is 0.350 e. The topological polar surface area (TPSA) is 52.2 Å². The van der Waals surface area contributed by atoms with Gasteiger partial charge in [0.2, 0.25) is 0 Å². The zero-order chi connectivity index (χ0) is 9.97. The van der Waals surface area contributed by atoms with Gasteiger partial charge in [0.1, 0.15) is 0 Å². The first-order valence-corrected chi connectivity index (χ1v) is 4.81. The molecule has 2 aromatic heterocycles. The normalized spacial score (nSPS) is 10.9. The van der Waals surface area contributed by atoms with E-state index in [0.717, 1.165) is 6.42 Å². The van der Waals surface area contributed by atoms with Crippen LogP contribution in [0.25, 0.3) is 5.65 Å². The van der Waals surface area contributed by atoms with E-state index in [1.165, 1.54) is 9.08 Å². The first-order valence-electron chi connectivity index (χ1n) is 4.28. The Morgan fingerprint density at radius 2 is 2.36 bits per heavy atom. The zero-order valence-electron chi connectivity index (χ0n) is 7.43. The van der Waals surface area contributed by atoms with Gasteiger partial charge in [0, 0.05) is 24.8 Å². The molecule has 0 aliphatic heterocycles. The van der Waals surface area contributed by atoms with Crippen molar-refractivity contribution in [3.05, 3.63) is 29.1 Å². The van der Waals surface area contributed by atoms with E-state index in [0.29, 0.717) is 18.1 Å². The largest absolute Gasteiger partial charge is 0.350 e. The maximum absolute atomic E-state index is 11.6. The molecule has 0 aromatic carbocycles. The van der Waals surface area contributed by atoms with Crippen LogP contribution in [0.15, 0.2) is 23.4 Å².